The second kappa shape index (κ2) is 5.50. The van der Waals surface area contributed by atoms with E-state index in [9.17, 15) is 5.11 Å². The minimum absolute atomic E-state index is 0.422. The van der Waals surface area contributed by atoms with Crippen LogP contribution in [0, 0.1) is 0 Å². The summed E-state index contributed by atoms with van der Waals surface area (Å²) in [4.78, 5) is 3.90. The van der Waals surface area contributed by atoms with E-state index in [4.69, 9.17) is 23.2 Å². The lowest BCUT2D eigenvalue weighted by Gasteiger charge is -2.13. The zero-order chi connectivity index (χ0) is 12.3. The molecule has 0 bridgehead atoms. The molecule has 0 saturated heterocycles. The minimum Gasteiger partial charge on any atom is -0.388 e. The molecule has 1 heterocycles. The molecule has 2 rings (SSSR count). The van der Waals surface area contributed by atoms with Crippen LogP contribution in [0.2, 0.25) is 10.0 Å². The molecule has 0 radical (unpaired) electrons. The number of pyridine rings is 1. The third-order valence-electron chi connectivity index (χ3n) is 2.53. The molecule has 1 aromatic carbocycles. The van der Waals surface area contributed by atoms with Crippen LogP contribution in [0.25, 0.3) is 0 Å². The molecule has 88 valence electrons. The third kappa shape index (κ3) is 2.97. The van der Waals surface area contributed by atoms with Crippen molar-refractivity contribution in [3.63, 3.8) is 0 Å². The van der Waals surface area contributed by atoms with Crippen LogP contribution in [0.3, 0.4) is 0 Å². The summed E-state index contributed by atoms with van der Waals surface area (Å²) >= 11 is 12.0. The Hall–Kier alpha value is -1.09. The molecule has 0 aliphatic heterocycles. The lowest BCUT2D eigenvalue weighted by molar-refractivity contribution is 0.178. The van der Waals surface area contributed by atoms with Gasteiger partial charge in [0.2, 0.25) is 0 Å². The number of aromatic nitrogens is 1. The van der Waals surface area contributed by atoms with Crippen LogP contribution in [0.1, 0.15) is 17.2 Å². The fourth-order valence-electron chi connectivity index (χ4n) is 1.63. The Labute approximate surface area is 110 Å². The number of aliphatic hydroxyl groups is 1. The van der Waals surface area contributed by atoms with Crippen molar-refractivity contribution in [2.75, 3.05) is 0 Å². The second-order valence-corrected chi connectivity index (χ2v) is 4.52. The van der Waals surface area contributed by atoms with Crippen LogP contribution >= 0.6 is 23.2 Å². The maximum Gasteiger partial charge on any atom is 0.0845 e. The molecule has 4 heteroatoms. The summed E-state index contributed by atoms with van der Waals surface area (Å²) in [7, 11) is 0. The van der Waals surface area contributed by atoms with Crippen molar-refractivity contribution >= 4 is 23.2 Å². The Balaban J connectivity index is 2.20. The summed E-state index contributed by atoms with van der Waals surface area (Å²) < 4.78 is 0. The van der Waals surface area contributed by atoms with E-state index in [0.29, 0.717) is 22.0 Å². The van der Waals surface area contributed by atoms with Crippen molar-refractivity contribution in [2.24, 2.45) is 0 Å². The van der Waals surface area contributed by atoms with E-state index in [0.717, 1.165) is 5.56 Å². The molecule has 1 N–H and O–H groups in total. The van der Waals surface area contributed by atoms with Gasteiger partial charge in [-0.15, -0.1) is 0 Å². The molecule has 0 saturated carbocycles. The molecule has 1 unspecified atom stereocenters. The van der Waals surface area contributed by atoms with Gasteiger partial charge in [-0.2, -0.15) is 0 Å². The molecule has 0 aliphatic rings. The number of hydrogen-bond donors (Lipinski definition) is 1. The van der Waals surface area contributed by atoms with Gasteiger partial charge < -0.3 is 5.11 Å². The topological polar surface area (TPSA) is 33.1 Å². The summed E-state index contributed by atoms with van der Waals surface area (Å²) in [5, 5.41) is 11.2. The van der Waals surface area contributed by atoms with Crippen LogP contribution in [-0.2, 0) is 6.42 Å². The normalized spacial score (nSPS) is 12.4. The molecule has 0 spiro atoms. The van der Waals surface area contributed by atoms with Gasteiger partial charge >= 0.3 is 0 Å². The first-order valence-corrected chi connectivity index (χ1v) is 5.95. The van der Waals surface area contributed by atoms with Crippen LogP contribution in [-0.4, -0.2) is 10.1 Å². The van der Waals surface area contributed by atoms with Gasteiger partial charge in [0.05, 0.1) is 11.1 Å². The van der Waals surface area contributed by atoms with Crippen molar-refractivity contribution in [3.8, 4) is 0 Å². The number of nitrogens with zero attached hydrogens (tertiary/aromatic N) is 1. The molecule has 0 aliphatic carbocycles. The van der Waals surface area contributed by atoms with Gasteiger partial charge in [-0.25, -0.2) is 0 Å². The first kappa shape index (κ1) is 12.4. The van der Waals surface area contributed by atoms with Gasteiger partial charge in [-0.3, -0.25) is 4.98 Å². The third-order valence-corrected chi connectivity index (χ3v) is 3.22. The van der Waals surface area contributed by atoms with Gasteiger partial charge in [0, 0.05) is 23.8 Å². The molecule has 2 aromatic rings. The van der Waals surface area contributed by atoms with Crippen molar-refractivity contribution in [3.05, 3.63) is 63.9 Å². The van der Waals surface area contributed by atoms with E-state index >= 15 is 0 Å². The summed E-state index contributed by atoms with van der Waals surface area (Å²) in [6, 6.07) is 9.04. The van der Waals surface area contributed by atoms with Crippen molar-refractivity contribution in [1.82, 2.24) is 4.98 Å². The number of halogens is 2. The van der Waals surface area contributed by atoms with Crippen LogP contribution in [0.15, 0.2) is 42.7 Å². The molecule has 17 heavy (non-hydrogen) atoms. The Morgan fingerprint density at radius 2 is 1.88 bits per heavy atom. The number of rotatable bonds is 3. The molecule has 1 atom stereocenters. The zero-order valence-corrected chi connectivity index (χ0v) is 10.5. The van der Waals surface area contributed by atoms with E-state index in [2.05, 4.69) is 4.98 Å². The minimum atomic E-state index is -0.663. The first-order chi connectivity index (χ1) is 8.18. The highest BCUT2D eigenvalue weighted by atomic mass is 35.5. The Morgan fingerprint density at radius 1 is 1.12 bits per heavy atom. The Morgan fingerprint density at radius 3 is 2.59 bits per heavy atom. The monoisotopic (exact) mass is 267 g/mol. The highest BCUT2D eigenvalue weighted by molar-refractivity contribution is 6.31. The predicted octanol–water partition coefficient (Wildman–Crippen LogP) is 3.66. The van der Waals surface area contributed by atoms with E-state index in [-0.39, 0.29) is 0 Å². The Kier molecular flexibility index (Phi) is 4.00. The van der Waals surface area contributed by atoms with E-state index in [1.807, 2.05) is 18.2 Å². The summed E-state index contributed by atoms with van der Waals surface area (Å²) in [5.74, 6) is 0. The van der Waals surface area contributed by atoms with Crippen LogP contribution < -0.4 is 0 Å². The zero-order valence-electron chi connectivity index (χ0n) is 8.98. The van der Waals surface area contributed by atoms with Crippen molar-refractivity contribution < 1.29 is 5.11 Å². The van der Waals surface area contributed by atoms with Gasteiger partial charge in [-0.1, -0.05) is 41.4 Å². The molecule has 1 aromatic heterocycles. The average molecular weight is 268 g/mol. The largest absolute Gasteiger partial charge is 0.388 e. The predicted molar refractivity (Wildman–Crippen MR) is 69.4 cm³/mol. The fraction of sp³-hybridized carbons (Fsp3) is 0.154. The molecular weight excluding hydrogens is 257 g/mol. The second-order valence-electron chi connectivity index (χ2n) is 3.71. The van der Waals surface area contributed by atoms with Crippen molar-refractivity contribution in [2.45, 2.75) is 12.5 Å². The first-order valence-electron chi connectivity index (χ1n) is 5.19. The molecular formula is C13H11Cl2NO. The Bertz CT molecular complexity index is 516. The maximum atomic E-state index is 10.1. The number of aliphatic hydroxyl groups excluding tert-OH is 1. The van der Waals surface area contributed by atoms with E-state index < -0.39 is 6.10 Å². The molecule has 0 fully saturated rings. The van der Waals surface area contributed by atoms with Crippen LogP contribution in [0.5, 0.6) is 0 Å². The molecule has 2 nitrogen and oxygen atoms in total. The highest BCUT2D eigenvalue weighted by Gasteiger charge is 2.13. The smallest absolute Gasteiger partial charge is 0.0845 e. The van der Waals surface area contributed by atoms with Crippen molar-refractivity contribution in [1.29, 1.82) is 0 Å². The SMILES string of the molecule is OC(Cc1ccncc1Cl)c1ccccc1Cl. The van der Waals surface area contributed by atoms with Gasteiger partial charge in [-0.05, 0) is 23.3 Å². The quantitative estimate of drug-likeness (QED) is 0.921. The lowest BCUT2D eigenvalue weighted by atomic mass is 10.0. The molecule has 0 amide bonds. The standard InChI is InChI=1S/C13H11Cl2NO/c14-11-4-2-1-3-10(11)13(17)7-9-5-6-16-8-12(9)15/h1-6,8,13,17H,7H2. The number of benzene rings is 1. The lowest BCUT2D eigenvalue weighted by Crippen LogP contribution is -2.03. The highest BCUT2D eigenvalue weighted by Crippen LogP contribution is 2.27. The maximum absolute atomic E-state index is 10.1. The van der Waals surface area contributed by atoms with Crippen LogP contribution in [0.4, 0.5) is 0 Å². The van der Waals surface area contributed by atoms with Gasteiger partial charge in [0.25, 0.3) is 0 Å². The van der Waals surface area contributed by atoms with E-state index in [1.54, 1.807) is 24.5 Å². The summed E-state index contributed by atoms with van der Waals surface area (Å²) in [5.41, 5.74) is 1.57. The summed E-state index contributed by atoms with van der Waals surface area (Å²) in [6.07, 6.45) is 2.98. The summed E-state index contributed by atoms with van der Waals surface area (Å²) in [6.45, 7) is 0. The average Bonchev–Trinajstić information content (AvgIpc) is 2.32. The van der Waals surface area contributed by atoms with Gasteiger partial charge in [0.1, 0.15) is 0 Å². The van der Waals surface area contributed by atoms with Gasteiger partial charge in [0.15, 0.2) is 0 Å². The van der Waals surface area contributed by atoms with E-state index in [1.165, 1.54) is 0 Å². The fourth-order valence-corrected chi connectivity index (χ4v) is 2.09. The number of hydrogen-bond acceptors (Lipinski definition) is 2.